The quantitative estimate of drug-likeness (QED) is 0.355. The summed E-state index contributed by atoms with van der Waals surface area (Å²) in [4.78, 5) is 16.9. The molecule has 164 valence electrons. The summed E-state index contributed by atoms with van der Waals surface area (Å²) in [7, 11) is -0.214. The lowest BCUT2D eigenvalue weighted by Crippen LogP contribution is -2.31. The van der Waals surface area contributed by atoms with Gasteiger partial charge in [0.25, 0.3) is 5.69 Å². The molecule has 1 aromatic carbocycles. The van der Waals surface area contributed by atoms with Crippen molar-refractivity contribution in [2.45, 2.75) is 11.4 Å². The van der Waals surface area contributed by atoms with Crippen LogP contribution in [0.4, 0.5) is 11.4 Å². The highest BCUT2D eigenvalue weighted by Gasteiger charge is 2.21. The van der Waals surface area contributed by atoms with Crippen LogP contribution in [0.1, 0.15) is 5.56 Å². The first-order valence-electron chi connectivity index (χ1n) is 9.38. The molecule has 11 nitrogen and oxygen atoms in total. The van der Waals surface area contributed by atoms with Gasteiger partial charge in [0.1, 0.15) is 5.69 Å². The Kier molecular flexibility index (Phi) is 6.95. The Morgan fingerprint density at radius 1 is 1.19 bits per heavy atom. The second-order valence-corrected chi connectivity index (χ2v) is 8.73. The van der Waals surface area contributed by atoms with Gasteiger partial charge in [-0.2, -0.15) is 5.10 Å². The zero-order chi connectivity index (χ0) is 22.4. The number of hydrogen-bond acceptors (Lipinski definition) is 8. The molecule has 0 aliphatic rings. The molecule has 31 heavy (non-hydrogen) atoms. The van der Waals surface area contributed by atoms with E-state index in [2.05, 4.69) is 20.1 Å². The van der Waals surface area contributed by atoms with E-state index in [9.17, 15) is 18.5 Å². The van der Waals surface area contributed by atoms with E-state index in [1.54, 1.807) is 41.5 Å². The summed E-state index contributed by atoms with van der Waals surface area (Å²) in [5.74, 6) is 0.615. The summed E-state index contributed by atoms with van der Waals surface area (Å²) in [5, 5.41) is 18.7. The number of likely N-dealkylation sites (N-methyl/N-ethyl adjacent to an activating group) is 1. The Morgan fingerprint density at radius 2 is 2.00 bits per heavy atom. The molecule has 0 bridgehead atoms. The highest BCUT2D eigenvalue weighted by Crippen LogP contribution is 2.28. The molecule has 0 aliphatic carbocycles. The van der Waals surface area contributed by atoms with Crippen molar-refractivity contribution in [2.75, 3.05) is 32.5 Å². The van der Waals surface area contributed by atoms with Crippen LogP contribution in [0.3, 0.4) is 0 Å². The maximum absolute atomic E-state index is 12.4. The number of nitro benzene ring substituents is 1. The fourth-order valence-corrected chi connectivity index (χ4v) is 3.80. The Hall–Kier alpha value is -3.35. The molecule has 0 fully saturated rings. The van der Waals surface area contributed by atoms with Gasteiger partial charge in [-0.15, -0.1) is 0 Å². The van der Waals surface area contributed by atoms with Crippen LogP contribution in [0.5, 0.6) is 0 Å². The molecule has 0 radical (unpaired) electrons. The van der Waals surface area contributed by atoms with Crippen molar-refractivity contribution in [1.82, 2.24) is 24.4 Å². The minimum atomic E-state index is -3.85. The smallest absolute Gasteiger partial charge is 0.293 e. The molecule has 0 aliphatic heterocycles. The summed E-state index contributed by atoms with van der Waals surface area (Å²) in [6.45, 7) is 0.988. The number of hydrogen-bond donors (Lipinski definition) is 2. The highest BCUT2D eigenvalue weighted by molar-refractivity contribution is 7.89. The average Bonchev–Trinajstić information content (AvgIpc) is 3.27. The first-order valence-corrected chi connectivity index (χ1v) is 10.9. The topological polar surface area (TPSA) is 135 Å². The van der Waals surface area contributed by atoms with Gasteiger partial charge in [-0.3, -0.25) is 10.1 Å². The molecular formula is C19H23N7O4S. The van der Waals surface area contributed by atoms with Gasteiger partial charge in [0, 0.05) is 44.3 Å². The molecule has 12 heteroatoms. The summed E-state index contributed by atoms with van der Waals surface area (Å²) < 4.78 is 28.9. The molecular weight excluding hydrogens is 422 g/mol. The van der Waals surface area contributed by atoms with Gasteiger partial charge in [-0.1, -0.05) is 0 Å². The minimum absolute atomic E-state index is 0.159. The van der Waals surface area contributed by atoms with Crippen molar-refractivity contribution in [3.05, 3.63) is 70.7 Å². The third-order valence-corrected chi connectivity index (χ3v) is 5.82. The second-order valence-electron chi connectivity index (χ2n) is 6.96. The van der Waals surface area contributed by atoms with Crippen molar-refractivity contribution in [3.63, 3.8) is 0 Å². The van der Waals surface area contributed by atoms with Crippen LogP contribution in [0.25, 0.3) is 5.82 Å². The number of rotatable bonds is 10. The first kappa shape index (κ1) is 22.3. The van der Waals surface area contributed by atoms with E-state index >= 15 is 0 Å². The predicted molar refractivity (Wildman–Crippen MR) is 116 cm³/mol. The molecule has 0 spiro atoms. The third-order valence-electron chi connectivity index (χ3n) is 4.36. The standard InChI is InChI=1S/C19H23N7O4S/c1-24(2)11-9-23-31(29,30)16-4-5-17(18(13-16)26(27)28)21-14-15-6-8-20-19(12-15)25-10-3-7-22-25/h3-8,10,12-13,21,23H,9,11,14H2,1-2H3. The van der Waals surface area contributed by atoms with Crippen molar-refractivity contribution < 1.29 is 13.3 Å². The number of aromatic nitrogens is 3. The Balaban J connectivity index is 1.76. The predicted octanol–water partition coefficient (Wildman–Crippen LogP) is 1.63. The summed E-state index contributed by atoms with van der Waals surface area (Å²) in [5.41, 5.74) is 0.725. The fourth-order valence-electron chi connectivity index (χ4n) is 2.76. The van der Waals surface area contributed by atoms with Gasteiger partial charge < -0.3 is 10.2 Å². The third kappa shape index (κ3) is 5.84. The van der Waals surface area contributed by atoms with E-state index in [0.717, 1.165) is 11.6 Å². The lowest BCUT2D eigenvalue weighted by molar-refractivity contribution is -0.384. The number of nitrogens with zero attached hydrogens (tertiary/aromatic N) is 5. The maximum atomic E-state index is 12.4. The second kappa shape index (κ2) is 9.64. The van der Waals surface area contributed by atoms with E-state index in [1.165, 1.54) is 12.1 Å². The van der Waals surface area contributed by atoms with Gasteiger partial charge in [-0.05, 0) is 50.0 Å². The van der Waals surface area contributed by atoms with Gasteiger partial charge >= 0.3 is 0 Å². The molecule has 3 aromatic rings. The number of nitro groups is 1. The molecule has 0 saturated heterocycles. The Morgan fingerprint density at radius 3 is 2.68 bits per heavy atom. The molecule has 0 saturated carbocycles. The number of benzene rings is 1. The maximum Gasteiger partial charge on any atom is 0.293 e. The van der Waals surface area contributed by atoms with Crippen LogP contribution in [-0.4, -0.2) is 60.2 Å². The van der Waals surface area contributed by atoms with Crippen LogP contribution in [0, 0.1) is 10.1 Å². The Labute approximate surface area is 179 Å². The minimum Gasteiger partial charge on any atom is -0.375 e. The van der Waals surface area contributed by atoms with E-state index in [1.807, 2.05) is 19.0 Å². The molecule has 0 amide bonds. The molecule has 2 aromatic heterocycles. The molecule has 2 heterocycles. The van der Waals surface area contributed by atoms with Crippen LogP contribution in [0.2, 0.25) is 0 Å². The van der Waals surface area contributed by atoms with Crippen LogP contribution < -0.4 is 10.0 Å². The van der Waals surface area contributed by atoms with Gasteiger partial charge in [-0.25, -0.2) is 22.8 Å². The van der Waals surface area contributed by atoms with Crippen LogP contribution in [-0.2, 0) is 16.6 Å². The van der Waals surface area contributed by atoms with Crippen LogP contribution >= 0.6 is 0 Å². The monoisotopic (exact) mass is 445 g/mol. The SMILES string of the molecule is CN(C)CCNS(=O)(=O)c1ccc(NCc2ccnc(-n3cccn3)c2)c([N+](=O)[O-])c1. The summed E-state index contributed by atoms with van der Waals surface area (Å²) in [6.07, 6.45) is 5.02. The normalized spacial score (nSPS) is 11.6. The van der Waals surface area contributed by atoms with Gasteiger partial charge in [0.2, 0.25) is 10.0 Å². The van der Waals surface area contributed by atoms with E-state index in [4.69, 9.17) is 0 Å². The number of nitrogens with one attached hydrogen (secondary N) is 2. The summed E-state index contributed by atoms with van der Waals surface area (Å²) >= 11 is 0. The summed E-state index contributed by atoms with van der Waals surface area (Å²) in [6, 6.07) is 9.16. The lowest BCUT2D eigenvalue weighted by atomic mass is 10.2. The lowest BCUT2D eigenvalue weighted by Gasteiger charge is -2.12. The van der Waals surface area contributed by atoms with E-state index < -0.39 is 14.9 Å². The zero-order valence-electron chi connectivity index (χ0n) is 17.1. The zero-order valence-corrected chi connectivity index (χ0v) is 17.9. The Bertz CT molecular complexity index is 1150. The average molecular weight is 446 g/mol. The van der Waals surface area contributed by atoms with Crippen molar-refractivity contribution in [1.29, 1.82) is 0 Å². The fraction of sp³-hybridized carbons (Fsp3) is 0.263. The van der Waals surface area contributed by atoms with Crippen molar-refractivity contribution in [3.8, 4) is 5.82 Å². The highest BCUT2D eigenvalue weighted by atomic mass is 32.2. The first-order chi connectivity index (χ1) is 14.8. The number of pyridine rings is 1. The molecule has 2 N–H and O–H groups in total. The van der Waals surface area contributed by atoms with Gasteiger partial charge in [0.05, 0.1) is 9.82 Å². The largest absolute Gasteiger partial charge is 0.375 e. The molecule has 0 atom stereocenters. The number of anilines is 1. The van der Waals surface area contributed by atoms with Gasteiger partial charge in [0.15, 0.2) is 5.82 Å². The number of sulfonamides is 1. The van der Waals surface area contributed by atoms with Crippen LogP contribution in [0.15, 0.2) is 59.9 Å². The van der Waals surface area contributed by atoms with Crippen molar-refractivity contribution in [2.24, 2.45) is 0 Å². The molecule has 0 unspecified atom stereocenters. The van der Waals surface area contributed by atoms with E-state index in [-0.39, 0.29) is 29.4 Å². The van der Waals surface area contributed by atoms with Crippen molar-refractivity contribution >= 4 is 21.4 Å². The van der Waals surface area contributed by atoms with E-state index in [0.29, 0.717) is 12.4 Å². The molecule has 3 rings (SSSR count).